The number of ether oxygens (including phenoxy) is 1. The molecule has 0 atom stereocenters. The van der Waals surface area contributed by atoms with Gasteiger partial charge < -0.3 is 15.4 Å². The van der Waals surface area contributed by atoms with Gasteiger partial charge in [0.25, 0.3) is 0 Å². The number of halogens is 3. The quantitative estimate of drug-likeness (QED) is 0.448. The molecule has 30 heavy (non-hydrogen) atoms. The van der Waals surface area contributed by atoms with Crippen molar-refractivity contribution >= 4 is 16.9 Å². The van der Waals surface area contributed by atoms with E-state index >= 15 is 0 Å². The highest BCUT2D eigenvalue weighted by Crippen LogP contribution is 2.16. The highest BCUT2D eigenvalue weighted by atomic mass is 19.4. The predicted octanol–water partition coefficient (Wildman–Crippen LogP) is 4.18. The molecule has 0 radical (unpaired) electrons. The number of pyridine rings is 1. The molecule has 0 spiro atoms. The molecule has 2 N–H and O–H groups in total. The van der Waals surface area contributed by atoms with Crippen molar-refractivity contribution in [2.75, 3.05) is 13.7 Å². The van der Waals surface area contributed by atoms with Crippen molar-refractivity contribution in [2.45, 2.75) is 25.9 Å². The molecule has 1 aromatic heterocycles. The smallest absolute Gasteiger partial charge is 0.367 e. The van der Waals surface area contributed by atoms with Gasteiger partial charge in [0.15, 0.2) is 5.96 Å². The number of rotatable bonds is 7. The van der Waals surface area contributed by atoms with Crippen LogP contribution in [0.1, 0.15) is 16.7 Å². The number of alkyl halides is 3. The Kier molecular flexibility index (Phi) is 7.24. The Hall–Kier alpha value is -3.13. The zero-order valence-electron chi connectivity index (χ0n) is 16.5. The van der Waals surface area contributed by atoms with Gasteiger partial charge in [0.05, 0.1) is 12.1 Å². The lowest BCUT2D eigenvalue weighted by atomic mass is 10.1. The summed E-state index contributed by atoms with van der Waals surface area (Å²) in [5, 5.41) is 7.58. The SMILES string of the molecule is CN=C(NCc1ccc(COCC(F)(F)F)cc1)NCc1cccc2cccnc12. The molecule has 8 heteroatoms. The Labute approximate surface area is 173 Å². The lowest BCUT2D eigenvalue weighted by molar-refractivity contribution is -0.176. The van der Waals surface area contributed by atoms with Crippen LogP contribution in [0.2, 0.25) is 0 Å². The molecule has 158 valence electrons. The van der Waals surface area contributed by atoms with E-state index in [0.717, 1.165) is 22.0 Å². The Morgan fingerprint density at radius 1 is 0.967 bits per heavy atom. The van der Waals surface area contributed by atoms with Gasteiger partial charge in [-0.2, -0.15) is 13.2 Å². The maximum atomic E-state index is 12.1. The summed E-state index contributed by atoms with van der Waals surface area (Å²) in [6, 6.07) is 17.2. The number of aliphatic imine (C=N–C) groups is 1. The van der Waals surface area contributed by atoms with Crippen molar-refractivity contribution in [1.82, 2.24) is 15.6 Å². The second kappa shape index (κ2) is 10.1. The largest absolute Gasteiger partial charge is 0.411 e. The number of hydrogen-bond acceptors (Lipinski definition) is 3. The van der Waals surface area contributed by atoms with Gasteiger partial charge in [-0.1, -0.05) is 48.5 Å². The summed E-state index contributed by atoms with van der Waals surface area (Å²) in [4.78, 5) is 8.68. The summed E-state index contributed by atoms with van der Waals surface area (Å²) < 4.78 is 41.0. The summed E-state index contributed by atoms with van der Waals surface area (Å²) >= 11 is 0. The maximum absolute atomic E-state index is 12.1. The van der Waals surface area contributed by atoms with E-state index in [1.807, 2.05) is 42.5 Å². The van der Waals surface area contributed by atoms with Crippen LogP contribution in [0.15, 0.2) is 65.8 Å². The Morgan fingerprint density at radius 2 is 1.67 bits per heavy atom. The minimum absolute atomic E-state index is 0.0739. The van der Waals surface area contributed by atoms with Crippen LogP contribution < -0.4 is 10.6 Å². The molecule has 3 aromatic rings. The minimum Gasteiger partial charge on any atom is -0.367 e. The van der Waals surface area contributed by atoms with Crippen molar-refractivity contribution in [1.29, 1.82) is 0 Å². The number of fused-ring (bicyclic) bond motifs is 1. The van der Waals surface area contributed by atoms with Crippen molar-refractivity contribution in [3.05, 3.63) is 77.5 Å². The van der Waals surface area contributed by atoms with Gasteiger partial charge in [-0.15, -0.1) is 0 Å². The van der Waals surface area contributed by atoms with E-state index in [9.17, 15) is 13.2 Å². The first-order valence-corrected chi connectivity index (χ1v) is 9.44. The number of nitrogens with zero attached hydrogens (tertiary/aromatic N) is 2. The third kappa shape index (κ3) is 6.45. The number of aromatic nitrogens is 1. The van der Waals surface area contributed by atoms with Gasteiger partial charge in [0.1, 0.15) is 6.61 Å². The van der Waals surface area contributed by atoms with E-state index in [-0.39, 0.29) is 6.61 Å². The summed E-state index contributed by atoms with van der Waals surface area (Å²) in [6.45, 7) is -0.222. The second-order valence-electron chi connectivity index (χ2n) is 6.70. The average Bonchev–Trinajstić information content (AvgIpc) is 2.74. The standard InChI is InChI=1S/C22H23F3N4O/c1-26-21(29-13-19-5-2-4-18-6-3-11-27-20(18)19)28-12-16-7-9-17(10-8-16)14-30-15-22(23,24)25/h2-11H,12-15H2,1H3,(H2,26,28,29). The van der Waals surface area contributed by atoms with Crippen LogP contribution in [0.25, 0.3) is 10.9 Å². The van der Waals surface area contributed by atoms with Gasteiger partial charge in [0, 0.05) is 31.7 Å². The molecule has 0 bridgehead atoms. The van der Waals surface area contributed by atoms with Crippen LogP contribution in [0.3, 0.4) is 0 Å². The van der Waals surface area contributed by atoms with Crippen LogP contribution in [-0.2, 0) is 24.4 Å². The monoisotopic (exact) mass is 416 g/mol. The first-order chi connectivity index (χ1) is 14.4. The van der Waals surface area contributed by atoms with Gasteiger partial charge in [-0.25, -0.2) is 0 Å². The van der Waals surface area contributed by atoms with Crippen LogP contribution in [-0.4, -0.2) is 30.8 Å². The maximum Gasteiger partial charge on any atom is 0.411 e. The Bertz CT molecular complexity index is 982. The Balaban J connectivity index is 1.49. The van der Waals surface area contributed by atoms with Crippen LogP contribution >= 0.6 is 0 Å². The lowest BCUT2D eigenvalue weighted by Gasteiger charge is -2.13. The fourth-order valence-corrected chi connectivity index (χ4v) is 2.93. The summed E-state index contributed by atoms with van der Waals surface area (Å²) in [6.07, 6.45) is -2.54. The molecular formula is C22H23F3N4O. The van der Waals surface area contributed by atoms with Gasteiger partial charge in [-0.3, -0.25) is 9.98 Å². The molecule has 0 amide bonds. The van der Waals surface area contributed by atoms with Crippen molar-refractivity contribution in [3.8, 4) is 0 Å². The van der Waals surface area contributed by atoms with E-state index in [4.69, 9.17) is 0 Å². The van der Waals surface area contributed by atoms with Crippen molar-refractivity contribution in [3.63, 3.8) is 0 Å². The highest BCUT2D eigenvalue weighted by molar-refractivity contribution is 5.83. The number of para-hydroxylation sites is 1. The summed E-state index contributed by atoms with van der Waals surface area (Å²) in [5.41, 5.74) is 3.68. The number of hydrogen-bond donors (Lipinski definition) is 2. The molecular weight excluding hydrogens is 393 g/mol. The average molecular weight is 416 g/mol. The zero-order valence-corrected chi connectivity index (χ0v) is 16.5. The van der Waals surface area contributed by atoms with E-state index in [0.29, 0.717) is 24.6 Å². The highest BCUT2D eigenvalue weighted by Gasteiger charge is 2.27. The molecule has 1 heterocycles. The number of benzene rings is 2. The molecule has 2 aromatic carbocycles. The van der Waals surface area contributed by atoms with E-state index in [2.05, 4.69) is 25.3 Å². The van der Waals surface area contributed by atoms with Gasteiger partial charge in [0.2, 0.25) is 0 Å². The summed E-state index contributed by atoms with van der Waals surface area (Å²) in [7, 11) is 1.69. The topological polar surface area (TPSA) is 58.5 Å². The third-order valence-electron chi connectivity index (χ3n) is 4.40. The van der Waals surface area contributed by atoms with Gasteiger partial charge in [-0.05, 0) is 22.8 Å². The van der Waals surface area contributed by atoms with Crippen molar-refractivity contribution in [2.24, 2.45) is 4.99 Å². The molecule has 3 rings (SSSR count). The zero-order chi connectivity index (χ0) is 21.4. The molecule has 0 aliphatic carbocycles. The molecule has 0 saturated heterocycles. The second-order valence-corrected chi connectivity index (χ2v) is 6.70. The predicted molar refractivity (Wildman–Crippen MR) is 111 cm³/mol. The summed E-state index contributed by atoms with van der Waals surface area (Å²) in [5.74, 6) is 0.639. The van der Waals surface area contributed by atoms with Crippen molar-refractivity contribution < 1.29 is 17.9 Å². The fraction of sp³-hybridized carbons (Fsp3) is 0.273. The van der Waals surface area contributed by atoms with Crippen LogP contribution in [0.4, 0.5) is 13.2 Å². The number of guanidine groups is 1. The van der Waals surface area contributed by atoms with Crippen LogP contribution in [0, 0.1) is 0 Å². The van der Waals surface area contributed by atoms with E-state index in [1.165, 1.54) is 0 Å². The van der Waals surface area contributed by atoms with E-state index in [1.54, 1.807) is 25.4 Å². The lowest BCUT2D eigenvalue weighted by Crippen LogP contribution is -2.36. The minimum atomic E-state index is -4.31. The normalized spacial score (nSPS) is 12.2. The first-order valence-electron chi connectivity index (χ1n) is 9.44. The third-order valence-corrected chi connectivity index (χ3v) is 4.40. The molecule has 0 saturated carbocycles. The molecule has 0 unspecified atom stereocenters. The molecule has 0 aliphatic rings. The van der Waals surface area contributed by atoms with E-state index < -0.39 is 12.8 Å². The van der Waals surface area contributed by atoms with Crippen LogP contribution in [0.5, 0.6) is 0 Å². The first kappa shape index (κ1) is 21.6. The molecule has 5 nitrogen and oxygen atoms in total. The van der Waals surface area contributed by atoms with Gasteiger partial charge >= 0.3 is 6.18 Å². The molecule has 0 aliphatic heterocycles. The Morgan fingerprint density at radius 3 is 2.40 bits per heavy atom. The fourth-order valence-electron chi connectivity index (χ4n) is 2.93. The molecule has 0 fully saturated rings. The number of nitrogens with one attached hydrogen (secondary N) is 2.